The summed E-state index contributed by atoms with van der Waals surface area (Å²) in [6, 6.07) is 5.86. The van der Waals surface area contributed by atoms with Gasteiger partial charge in [-0.05, 0) is 49.6 Å². The summed E-state index contributed by atoms with van der Waals surface area (Å²) < 4.78 is 16.7. The lowest BCUT2D eigenvalue weighted by atomic mass is 10.1. The Labute approximate surface area is 108 Å². The van der Waals surface area contributed by atoms with Crippen LogP contribution in [-0.4, -0.2) is 33.0 Å². The minimum atomic E-state index is 0.156. The highest BCUT2D eigenvalue weighted by Gasteiger charge is 2.17. The van der Waals surface area contributed by atoms with Crippen molar-refractivity contribution >= 4 is 0 Å². The number of hydrogen-bond donors (Lipinski definition) is 1. The van der Waals surface area contributed by atoms with Crippen molar-refractivity contribution in [3.8, 4) is 11.5 Å². The number of hydrogen-bond acceptors (Lipinski definition) is 4. The van der Waals surface area contributed by atoms with E-state index in [4.69, 9.17) is 19.9 Å². The van der Waals surface area contributed by atoms with Crippen LogP contribution >= 0.6 is 0 Å². The van der Waals surface area contributed by atoms with Crippen molar-refractivity contribution in [2.45, 2.75) is 25.4 Å². The van der Waals surface area contributed by atoms with Crippen LogP contribution in [0.15, 0.2) is 18.2 Å². The first-order valence-corrected chi connectivity index (χ1v) is 6.45. The highest BCUT2D eigenvalue weighted by molar-refractivity contribution is 5.40. The second kappa shape index (κ2) is 6.61. The fourth-order valence-electron chi connectivity index (χ4n) is 2.13. The number of benzene rings is 1. The minimum Gasteiger partial charge on any atom is -0.497 e. The average Bonchev–Trinajstić information content (AvgIpc) is 2.42. The molecule has 1 heterocycles. The lowest BCUT2D eigenvalue weighted by Gasteiger charge is -2.24. The monoisotopic (exact) mass is 251 g/mol. The van der Waals surface area contributed by atoms with Crippen molar-refractivity contribution in [2.75, 3.05) is 26.9 Å². The fourth-order valence-corrected chi connectivity index (χ4v) is 2.13. The van der Waals surface area contributed by atoms with E-state index in [0.717, 1.165) is 42.9 Å². The van der Waals surface area contributed by atoms with Crippen LogP contribution in [0, 0.1) is 0 Å². The molecule has 0 aromatic heterocycles. The van der Waals surface area contributed by atoms with Gasteiger partial charge in [-0.15, -0.1) is 0 Å². The zero-order chi connectivity index (χ0) is 12.8. The minimum absolute atomic E-state index is 0.156. The number of nitrogens with two attached hydrogens (primary N) is 1. The van der Waals surface area contributed by atoms with E-state index >= 15 is 0 Å². The molecule has 0 saturated carbocycles. The first-order valence-electron chi connectivity index (χ1n) is 6.45. The smallest absolute Gasteiger partial charge is 0.123 e. The van der Waals surface area contributed by atoms with Crippen molar-refractivity contribution in [1.82, 2.24) is 0 Å². The van der Waals surface area contributed by atoms with Gasteiger partial charge in [0.15, 0.2) is 0 Å². The Kier molecular flexibility index (Phi) is 4.84. The van der Waals surface area contributed by atoms with Crippen LogP contribution in [0.25, 0.3) is 0 Å². The molecular weight excluding hydrogens is 230 g/mol. The molecule has 18 heavy (non-hydrogen) atoms. The Bertz CT molecular complexity index is 375. The molecular formula is C14H21NO3. The molecule has 2 N–H and O–H groups in total. The maximum atomic E-state index is 6.00. The molecule has 0 bridgehead atoms. The zero-order valence-corrected chi connectivity index (χ0v) is 10.9. The maximum absolute atomic E-state index is 6.00. The molecule has 0 spiro atoms. The van der Waals surface area contributed by atoms with Crippen molar-refractivity contribution in [3.63, 3.8) is 0 Å². The van der Waals surface area contributed by atoms with Gasteiger partial charge in [0.05, 0.1) is 13.7 Å². The third kappa shape index (κ3) is 3.37. The van der Waals surface area contributed by atoms with E-state index in [-0.39, 0.29) is 6.10 Å². The van der Waals surface area contributed by atoms with Gasteiger partial charge in [-0.25, -0.2) is 0 Å². The third-order valence-electron chi connectivity index (χ3n) is 3.09. The Morgan fingerprint density at radius 3 is 3.00 bits per heavy atom. The van der Waals surface area contributed by atoms with Gasteiger partial charge in [0.2, 0.25) is 0 Å². The number of methoxy groups -OCH3 is 1. The van der Waals surface area contributed by atoms with Crippen molar-refractivity contribution < 1.29 is 14.2 Å². The summed E-state index contributed by atoms with van der Waals surface area (Å²) in [5.41, 5.74) is 6.73. The van der Waals surface area contributed by atoms with E-state index < -0.39 is 0 Å². The molecule has 0 aliphatic carbocycles. The number of rotatable bonds is 5. The SMILES string of the molecule is COc1ccc(OC2CCCOC2)c(CCN)c1. The van der Waals surface area contributed by atoms with E-state index in [1.807, 2.05) is 18.2 Å². The largest absolute Gasteiger partial charge is 0.497 e. The predicted octanol–water partition coefficient (Wildman–Crippen LogP) is 1.75. The van der Waals surface area contributed by atoms with E-state index in [0.29, 0.717) is 13.2 Å². The first kappa shape index (κ1) is 13.2. The molecule has 100 valence electrons. The van der Waals surface area contributed by atoms with Gasteiger partial charge < -0.3 is 19.9 Å². The van der Waals surface area contributed by atoms with Gasteiger partial charge in [0, 0.05) is 6.61 Å². The van der Waals surface area contributed by atoms with Crippen LogP contribution in [0.4, 0.5) is 0 Å². The lowest BCUT2D eigenvalue weighted by molar-refractivity contribution is 0.00703. The molecule has 1 aliphatic rings. The molecule has 1 atom stereocenters. The van der Waals surface area contributed by atoms with Crippen LogP contribution in [0.3, 0.4) is 0 Å². The predicted molar refractivity (Wildman–Crippen MR) is 70.2 cm³/mol. The van der Waals surface area contributed by atoms with E-state index in [9.17, 15) is 0 Å². The topological polar surface area (TPSA) is 53.7 Å². The van der Waals surface area contributed by atoms with Crippen molar-refractivity contribution in [2.24, 2.45) is 5.73 Å². The summed E-state index contributed by atoms with van der Waals surface area (Å²) in [6.07, 6.45) is 3.06. The van der Waals surface area contributed by atoms with E-state index in [1.165, 1.54) is 0 Å². The van der Waals surface area contributed by atoms with Gasteiger partial charge in [0.1, 0.15) is 17.6 Å². The van der Waals surface area contributed by atoms with Crippen molar-refractivity contribution in [3.05, 3.63) is 23.8 Å². The Hall–Kier alpha value is -1.26. The van der Waals surface area contributed by atoms with Gasteiger partial charge in [0.25, 0.3) is 0 Å². The second-order valence-electron chi connectivity index (χ2n) is 4.47. The van der Waals surface area contributed by atoms with Gasteiger partial charge in [-0.2, -0.15) is 0 Å². The maximum Gasteiger partial charge on any atom is 0.123 e. The van der Waals surface area contributed by atoms with Crippen LogP contribution in [0.1, 0.15) is 18.4 Å². The zero-order valence-electron chi connectivity index (χ0n) is 10.9. The molecule has 2 rings (SSSR count). The third-order valence-corrected chi connectivity index (χ3v) is 3.09. The Morgan fingerprint density at radius 2 is 2.33 bits per heavy atom. The summed E-state index contributed by atoms with van der Waals surface area (Å²) in [4.78, 5) is 0. The molecule has 1 aromatic rings. The van der Waals surface area contributed by atoms with Crippen molar-refractivity contribution in [1.29, 1.82) is 0 Å². The second-order valence-corrected chi connectivity index (χ2v) is 4.47. The van der Waals surface area contributed by atoms with E-state index in [1.54, 1.807) is 7.11 Å². The molecule has 1 fully saturated rings. The molecule has 4 heteroatoms. The molecule has 0 amide bonds. The van der Waals surface area contributed by atoms with E-state index in [2.05, 4.69) is 0 Å². The molecule has 1 aromatic carbocycles. The normalized spacial score (nSPS) is 19.6. The summed E-state index contributed by atoms with van der Waals surface area (Å²) in [7, 11) is 1.66. The number of ether oxygens (including phenoxy) is 3. The lowest BCUT2D eigenvalue weighted by Crippen LogP contribution is -2.28. The molecule has 4 nitrogen and oxygen atoms in total. The Balaban J connectivity index is 2.09. The summed E-state index contributed by atoms with van der Waals surface area (Å²) in [5, 5.41) is 0. The van der Waals surface area contributed by atoms with Crippen LogP contribution < -0.4 is 15.2 Å². The highest BCUT2D eigenvalue weighted by atomic mass is 16.5. The molecule has 1 saturated heterocycles. The van der Waals surface area contributed by atoms with Gasteiger partial charge >= 0.3 is 0 Å². The molecule has 1 aliphatic heterocycles. The summed E-state index contributed by atoms with van der Waals surface area (Å²) in [6.45, 7) is 2.12. The Morgan fingerprint density at radius 1 is 1.44 bits per heavy atom. The first-order chi connectivity index (χ1) is 8.83. The summed E-state index contributed by atoms with van der Waals surface area (Å²) in [5.74, 6) is 1.74. The molecule has 1 unspecified atom stereocenters. The van der Waals surface area contributed by atoms with Crippen LogP contribution in [-0.2, 0) is 11.2 Å². The van der Waals surface area contributed by atoms with Gasteiger partial charge in [-0.3, -0.25) is 0 Å². The summed E-state index contributed by atoms with van der Waals surface area (Å²) >= 11 is 0. The molecule has 0 radical (unpaired) electrons. The standard InChI is InChI=1S/C14H21NO3/c1-16-12-4-5-14(11(9-12)6-7-15)18-13-3-2-8-17-10-13/h4-5,9,13H,2-3,6-8,10,15H2,1H3. The van der Waals surface area contributed by atoms with Gasteiger partial charge in [-0.1, -0.05) is 0 Å². The quantitative estimate of drug-likeness (QED) is 0.866. The average molecular weight is 251 g/mol. The van der Waals surface area contributed by atoms with Crippen LogP contribution in [0.2, 0.25) is 0 Å². The fraction of sp³-hybridized carbons (Fsp3) is 0.571. The van der Waals surface area contributed by atoms with Crippen LogP contribution in [0.5, 0.6) is 11.5 Å². The highest BCUT2D eigenvalue weighted by Crippen LogP contribution is 2.26.